The SMILES string of the molecule is COc1cccc(OC)c1Oc1nc(Cl)ncc1[N+](=O)[O-]. The van der Waals surface area contributed by atoms with Crippen LogP contribution in [0.2, 0.25) is 5.28 Å². The molecule has 2 rings (SSSR count). The molecular weight excluding hydrogens is 302 g/mol. The van der Waals surface area contributed by atoms with E-state index in [4.69, 9.17) is 25.8 Å². The topological polar surface area (TPSA) is 96.6 Å². The molecular formula is C12H10ClN3O5. The number of ether oxygens (including phenoxy) is 3. The van der Waals surface area contributed by atoms with Crippen LogP contribution in [0.15, 0.2) is 24.4 Å². The fourth-order valence-electron chi connectivity index (χ4n) is 1.55. The summed E-state index contributed by atoms with van der Waals surface area (Å²) in [7, 11) is 2.87. The molecule has 1 aromatic heterocycles. The highest BCUT2D eigenvalue weighted by Gasteiger charge is 2.22. The molecule has 0 saturated heterocycles. The highest BCUT2D eigenvalue weighted by Crippen LogP contribution is 2.41. The van der Waals surface area contributed by atoms with Crippen molar-refractivity contribution < 1.29 is 19.1 Å². The minimum atomic E-state index is -0.673. The summed E-state index contributed by atoms with van der Waals surface area (Å²) in [5.41, 5.74) is -0.424. The molecule has 0 bridgehead atoms. The minimum absolute atomic E-state index is 0.153. The van der Waals surface area contributed by atoms with E-state index in [1.54, 1.807) is 18.2 Å². The van der Waals surface area contributed by atoms with Gasteiger partial charge in [0, 0.05) is 0 Å². The minimum Gasteiger partial charge on any atom is -0.493 e. The third-order valence-electron chi connectivity index (χ3n) is 2.48. The van der Waals surface area contributed by atoms with Crippen molar-refractivity contribution in [3.05, 3.63) is 39.8 Å². The van der Waals surface area contributed by atoms with Crippen LogP contribution in [0.3, 0.4) is 0 Å². The maximum atomic E-state index is 11.0. The Morgan fingerprint density at radius 2 is 1.86 bits per heavy atom. The van der Waals surface area contributed by atoms with Crippen molar-refractivity contribution >= 4 is 17.3 Å². The van der Waals surface area contributed by atoms with Crippen LogP contribution < -0.4 is 14.2 Å². The fraction of sp³-hybridized carbons (Fsp3) is 0.167. The number of aromatic nitrogens is 2. The second-order valence-corrected chi connectivity index (χ2v) is 4.02. The molecule has 0 aliphatic heterocycles. The number of nitro groups is 1. The van der Waals surface area contributed by atoms with Crippen molar-refractivity contribution in [1.82, 2.24) is 9.97 Å². The highest BCUT2D eigenvalue weighted by atomic mass is 35.5. The average molecular weight is 312 g/mol. The fourth-order valence-corrected chi connectivity index (χ4v) is 1.68. The molecule has 0 saturated carbocycles. The Bertz CT molecular complexity index is 658. The van der Waals surface area contributed by atoms with Gasteiger partial charge in [-0.2, -0.15) is 4.98 Å². The third-order valence-corrected chi connectivity index (χ3v) is 2.67. The van der Waals surface area contributed by atoms with E-state index in [0.717, 1.165) is 6.20 Å². The van der Waals surface area contributed by atoms with E-state index in [9.17, 15) is 10.1 Å². The van der Waals surface area contributed by atoms with Crippen LogP contribution >= 0.6 is 11.6 Å². The van der Waals surface area contributed by atoms with Gasteiger partial charge in [-0.15, -0.1) is 0 Å². The number of halogens is 1. The normalized spacial score (nSPS) is 10.0. The first-order valence-electron chi connectivity index (χ1n) is 5.62. The number of methoxy groups -OCH3 is 2. The van der Waals surface area contributed by atoms with Gasteiger partial charge in [0.2, 0.25) is 11.0 Å². The molecule has 0 aliphatic rings. The molecule has 9 heteroatoms. The van der Waals surface area contributed by atoms with Crippen molar-refractivity contribution in [3.8, 4) is 23.1 Å². The van der Waals surface area contributed by atoms with Crippen LogP contribution in [-0.2, 0) is 0 Å². The molecule has 0 amide bonds. The van der Waals surface area contributed by atoms with Crippen molar-refractivity contribution in [2.24, 2.45) is 0 Å². The lowest BCUT2D eigenvalue weighted by atomic mass is 10.3. The van der Waals surface area contributed by atoms with E-state index < -0.39 is 10.6 Å². The average Bonchev–Trinajstić information content (AvgIpc) is 2.47. The maximum absolute atomic E-state index is 11.0. The Morgan fingerprint density at radius 1 is 1.24 bits per heavy atom. The van der Waals surface area contributed by atoms with E-state index in [2.05, 4.69) is 9.97 Å². The summed E-state index contributed by atoms with van der Waals surface area (Å²) in [6, 6.07) is 4.92. The zero-order valence-corrected chi connectivity index (χ0v) is 11.8. The van der Waals surface area contributed by atoms with Gasteiger partial charge in [-0.05, 0) is 23.7 Å². The molecule has 1 heterocycles. The lowest BCUT2D eigenvalue weighted by Gasteiger charge is -2.12. The van der Waals surface area contributed by atoms with Crippen LogP contribution in [0, 0.1) is 10.1 Å². The van der Waals surface area contributed by atoms with Crippen LogP contribution in [0.1, 0.15) is 0 Å². The summed E-state index contributed by atoms with van der Waals surface area (Å²) in [5.74, 6) is 0.514. The molecule has 0 unspecified atom stereocenters. The molecule has 21 heavy (non-hydrogen) atoms. The molecule has 0 radical (unpaired) electrons. The van der Waals surface area contributed by atoms with E-state index in [-0.39, 0.29) is 16.9 Å². The molecule has 0 atom stereocenters. The van der Waals surface area contributed by atoms with Gasteiger partial charge < -0.3 is 14.2 Å². The Morgan fingerprint density at radius 3 is 2.38 bits per heavy atom. The second-order valence-electron chi connectivity index (χ2n) is 3.68. The summed E-state index contributed by atoms with van der Waals surface area (Å²) >= 11 is 5.65. The van der Waals surface area contributed by atoms with Crippen LogP contribution in [0.4, 0.5) is 5.69 Å². The first-order chi connectivity index (χ1) is 10.1. The predicted molar refractivity (Wildman–Crippen MR) is 73.3 cm³/mol. The molecule has 0 N–H and O–H groups in total. The lowest BCUT2D eigenvalue weighted by Crippen LogP contribution is -2.00. The van der Waals surface area contributed by atoms with Gasteiger partial charge in [-0.25, -0.2) is 4.98 Å². The summed E-state index contributed by atoms with van der Waals surface area (Å²) < 4.78 is 15.7. The number of nitrogens with zero attached hydrogens (tertiary/aromatic N) is 3. The van der Waals surface area contributed by atoms with Gasteiger partial charge in [0.15, 0.2) is 11.5 Å². The smallest absolute Gasteiger partial charge is 0.349 e. The quantitative estimate of drug-likeness (QED) is 0.475. The van der Waals surface area contributed by atoms with Gasteiger partial charge in [-0.1, -0.05) is 6.07 Å². The Kier molecular flexibility index (Phi) is 4.39. The number of benzene rings is 1. The molecule has 8 nitrogen and oxygen atoms in total. The van der Waals surface area contributed by atoms with Crippen LogP contribution in [0.25, 0.3) is 0 Å². The van der Waals surface area contributed by atoms with Gasteiger partial charge >= 0.3 is 11.6 Å². The number of para-hydroxylation sites is 1. The molecule has 1 aromatic carbocycles. The summed E-state index contributed by atoms with van der Waals surface area (Å²) in [6.45, 7) is 0. The van der Waals surface area contributed by atoms with Crippen molar-refractivity contribution in [2.75, 3.05) is 14.2 Å². The number of rotatable bonds is 5. The number of hydrogen-bond acceptors (Lipinski definition) is 7. The first kappa shape index (κ1) is 14.8. The van der Waals surface area contributed by atoms with Gasteiger partial charge in [0.25, 0.3) is 0 Å². The third kappa shape index (κ3) is 3.11. The highest BCUT2D eigenvalue weighted by molar-refractivity contribution is 6.28. The lowest BCUT2D eigenvalue weighted by molar-refractivity contribution is -0.386. The molecule has 0 spiro atoms. The van der Waals surface area contributed by atoms with E-state index in [1.165, 1.54) is 14.2 Å². The largest absolute Gasteiger partial charge is 0.493 e. The Hall–Kier alpha value is -2.61. The maximum Gasteiger partial charge on any atom is 0.349 e. The second kappa shape index (κ2) is 6.23. The van der Waals surface area contributed by atoms with E-state index >= 15 is 0 Å². The molecule has 0 fully saturated rings. The molecule has 0 aliphatic carbocycles. The zero-order valence-electron chi connectivity index (χ0n) is 11.1. The van der Waals surface area contributed by atoms with Crippen molar-refractivity contribution in [2.45, 2.75) is 0 Å². The standard InChI is InChI=1S/C12H10ClN3O5/c1-19-8-4-3-5-9(20-2)10(8)21-11-7(16(17)18)6-14-12(13)15-11/h3-6H,1-2H3. The molecule has 110 valence electrons. The Labute approximate surface area is 124 Å². The summed E-state index contributed by atoms with van der Waals surface area (Å²) in [5, 5.41) is 10.8. The van der Waals surface area contributed by atoms with Crippen LogP contribution in [0.5, 0.6) is 23.1 Å². The van der Waals surface area contributed by atoms with Crippen molar-refractivity contribution in [3.63, 3.8) is 0 Å². The van der Waals surface area contributed by atoms with E-state index in [0.29, 0.717) is 11.5 Å². The predicted octanol–water partition coefficient (Wildman–Crippen LogP) is 2.85. The van der Waals surface area contributed by atoms with E-state index in [1.807, 2.05) is 0 Å². The molecule has 2 aromatic rings. The first-order valence-corrected chi connectivity index (χ1v) is 6.00. The van der Waals surface area contributed by atoms with Crippen LogP contribution in [-0.4, -0.2) is 29.1 Å². The van der Waals surface area contributed by atoms with Gasteiger partial charge in [0.05, 0.1) is 19.1 Å². The Balaban J connectivity index is 2.52. The summed E-state index contributed by atoms with van der Waals surface area (Å²) in [6.07, 6.45) is 0.965. The van der Waals surface area contributed by atoms with Gasteiger partial charge in [-0.3, -0.25) is 10.1 Å². The van der Waals surface area contributed by atoms with Gasteiger partial charge in [0.1, 0.15) is 6.20 Å². The van der Waals surface area contributed by atoms with Crippen molar-refractivity contribution in [1.29, 1.82) is 0 Å². The summed E-state index contributed by atoms with van der Waals surface area (Å²) in [4.78, 5) is 17.6. The monoisotopic (exact) mass is 311 g/mol. The number of hydrogen-bond donors (Lipinski definition) is 0. The zero-order chi connectivity index (χ0) is 15.4.